The summed E-state index contributed by atoms with van der Waals surface area (Å²) in [5, 5.41) is 4.32. The molecule has 3 heterocycles. The Morgan fingerprint density at radius 2 is 2.19 bits per heavy atom. The van der Waals surface area contributed by atoms with E-state index in [4.69, 9.17) is 5.73 Å². The van der Waals surface area contributed by atoms with Gasteiger partial charge in [-0.2, -0.15) is 0 Å². The van der Waals surface area contributed by atoms with Gasteiger partial charge < -0.3 is 5.73 Å². The van der Waals surface area contributed by atoms with Crippen molar-refractivity contribution in [2.24, 2.45) is 10.7 Å². The molecule has 27 heavy (non-hydrogen) atoms. The molecule has 1 aliphatic heterocycles. The van der Waals surface area contributed by atoms with Gasteiger partial charge in [-0.3, -0.25) is 9.39 Å². The Morgan fingerprint density at radius 1 is 1.33 bits per heavy atom. The summed E-state index contributed by atoms with van der Waals surface area (Å²) < 4.78 is 15.5. The maximum absolute atomic E-state index is 12.8. The first-order valence-corrected chi connectivity index (χ1v) is 8.84. The van der Waals surface area contributed by atoms with Crippen molar-refractivity contribution in [1.82, 2.24) is 14.2 Å². The highest BCUT2D eigenvalue weighted by Gasteiger charge is 2.13. The van der Waals surface area contributed by atoms with Crippen molar-refractivity contribution in [2.45, 2.75) is 26.3 Å². The van der Waals surface area contributed by atoms with Gasteiger partial charge in [0, 0.05) is 19.0 Å². The molecule has 0 saturated carbocycles. The molecule has 0 bridgehead atoms. The minimum absolute atomic E-state index is 0.0405. The monoisotopic (exact) mass is 365 g/mol. The zero-order valence-electron chi connectivity index (χ0n) is 15.0. The lowest BCUT2D eigenvalue weighted by molar-refractivity contribution is 0.616. The molecule has 1 aliphatic rings. The molecule has 0 amide bonds. The van der Waals surface area contributed by atoms with Gasteiger partial charge in [-0.25, -0.2) is 13.9 Å². The lowest BCUT2D eigenvalue weighted by Gasteiger charge is -2.14. The molecule has 0 aliphatic carbocycles. The summed E-state index contributed by atoms with van der Waals surface area (Å²) in [6, 6.07) is 8.01. The Hall–Kier alpha value is -3.06. The predicted molar refractivity (Wildman–Crippen MR) is 104 cm³/mol. The SMILES string of the molecule is Cc1cc(-c2ccn3c(=O)n(C/C(=C/F)CN)nc3c2)cc2c1N=CCC2. The van der Waals surface area contributed by atoms with Crippen LogP contribution in [0.5, 0.6) is 0 Å². The number of benzene rings is 1. The molecule has 0 unspecified atom stereocenters. The van der Waals surface area contributed by atoms with Crippen LogP contribution in [0, 0.1) is 6.92 Å². The van der Waals surface area contributed by atoms with Gasteiger partial charge in [0.15, 0.2) is 5.65 Å². The zero-order valence-corrected chi connectivity index (χ0v) is 15.0. The Kier molecular flexibility index (Phi) is 4.45. The molecule has 0 spiro atoms. The fourth-order valence-corrected chi connectivity index (χ4v) is 3.41. The minimum Gasteiger partial charge on any atom is -0.327 e. The molecule has 0 atom stereocenters. The summed E-state index contributed by atoms with van der Waals surface area (Å²) in [6.07, 6.45) is 6.01. The van der Waals surface area contributed by atoms with E-state index in [0.717, 1.165) is 35.2 Å². The van der Waals surface area contributed by atoms with E-state index in [2.05, 4.69) is 29.1 Å². The second-order valence-corrected chi connectivity index (χ2v) is 6.71. The van der Waals surface area contributed by atoms with Crippen LogP contribution in [-0.4, -0.2) is 26.9 Å². The molecule has 3 aromatic rings. The molecule has 0 fully saturated rings. The van der Waals surface area contributed by atoms with E-state index < -0.39 is 0 Å². The van der Waals surface area contributed by atoms with Crippen LogP contribution in [0.1, 0.15) is 17.5 Å². The number of aryl methyl sites for hydroxylation is 2. The first kappa shape index (κ1) is 17.4. The van der Waals surface area contributed by atoms with Gasteiger partial charge in [-0.15, -0.1) is 5.10 Å². The largest absolute Gasteiger partial charge is 0.350 e. The van der Waals surface area contributed by atoms with Crippen LogP contribution in [0.15, 0.2) is 52.2 Å². The average molecular weight is 365 g/mol. The summed E-state index contributed by atoms with van der Waals surface area (Å²) in [6.45, 7) is 2.14. The number of hydrogen-bond donors (Lipinski definition) is 1. The highest BCUT2D eigenvalue weighted by Crippen LogP contribution is 2.33. The van der Waals surface area contributed by atoms with Gasteiger partial charge in [-0.05, 0) is 71.9 Å². The number of aromatic nitrogens is 3. The van der Waals surface area contributed by atoms with Crippen LogP contribution < -0.4 is 11.4 Å². The number of hydrogen-bond acceptors (Lipinski definition) is 4. The van der Waals surface area contributed by atoms with Gasteiger partial charge in [0.05, 0.1) is 18.6 Å². The van der Waals surface area contributed by atoms with Gasteiger partial charge in [0.25, 0.3) is 0 Å². The highest BCUT2D eigenvalue weighted by atomic mass is 19.1. The molecule has 7 heteroatoms. The lowest BCUT2D eigenvalue weighted by Crippen LogP contribution is -2.23. The average Bonchev–Trinajstić information content (AvgIpc) is 3.01. The molecule has 138 valence electrons. The second kappa shape index (κ2) is 6.92. The molecule has 2 aromatic heterocycles. The van der Waals surface area contributed by atoms with E-state index in [-0.39, 0.29) is 18.8 Å². The number of nitrogens with two attached hydrogens (primary N) is 1. The number of aliphatic imine (C=N–C) groups is 1. The van der Waals surface area contributed by atoms with E-state index in [9.17, 15) is 9.18 Å². The van der Waals surface area contributed by atoms with E-state index >= 15 is 0 Å². The van der Waals surface area contributed by atoms with Crippen molar-refractivity contribution in [3.05, 3.63) is 64.0 Å². The molecule has 4 rings (SSSR count). The number of fused-ring (bicyclic) bond motifs is 2. The van der Waals surface area contributed by atoms with E-state index in [1.54, 1.807) is 6.20 Å². The summed E-state index contributed by atoms with van der Waals surface area (Å²) in [4.78, 5) is 16.9. The number of rotatable bonds is 4. The molecule has 0 saturated heterocycles. The molecular formula is C20H20FN5O. The fraction of sp³-hybridized carbons (Fsp3) is 0.250. The van der Waals surface area contributed by atoms with E-state index in [1.165, 1.54) is 14.6 Å². The Bertz CT molecular complexity index is 1140. The molecule has 0 radical (unpaired) electrons. The summed E-state index contributed by atoms with van der Waals surface area (Å²) >= 11 is 0. The van der Waals surface area contributed by atoms with E-state index in [0.29, 0.717) is 17.6 Å². The Labute approximate surface area is 155 Å². The van der Waals surface area contributed by atoms with Crippen molar-refractivity contribution >= 4 is 17.5 Å². The Balaban J connectivity index is 1.77. The second-order valence-electron chi connectivity index (χ2n) is 6.71. The fourth-order valence-electron chi connectivity index (χ4n) is 3.41. The third-order valence-electron chi connectivity index (χ3n) is 4.83. The molecular weight excluding hydrogens is 345 g/mol. The van der Waals surface area contributed by atoms with Crippen molar-refractivity contribution < 1.29 is 4.39 Å². The first-order valence-electron chi connectivity index (χ1n) is 8.84. The van der Waals surface area contributed by atoms with Gasteiger partial charge >= 0.3 is 5.69 Å². The smallest absolute Gasteiger partial charge is 0.327 e. The molecule has 6 nitrogen and oxygen atoms in total. The third-order valence-corrected chi connectivity index (χ3v) is 4.83. The predicted octanol–water partition coefficient (Wildman–Crippen LogP) is 2.93. The van der Waals surface area contributed by atoms with Gasteiger partial charge in [0.1, 0.15) is 0 Å². The molecule has 2 N–H and O–H groups in total. The Morgan fingerprint density at radius 3 is 2.96 bits per heavy atom. The van der Waals surface area contributed by atoms with Crippen molar-refractivity contribution in [2.75, 3.05) is 6.54 Å². The third kappa shape index (κ3) is 3.10. The van der Waals surface area contributed by atoms with Gasteiger partial charge in [0.2, 0.25) is 0 Å². The van der Waals surface area contributed by atoms with E-state index in [1.807, 2.05) is 18.3 Å². The number of pyridine rings is 1. The molecule has 1 aromatic carbocycles. The summed E-state index contributed by atoms with van der Waals surface area (Å²) in [7, 11) is 0. The maximum Gasteiger partial charge on any atom is 0.350 e. The van der Waals surface area contributed by atoms with Crippen LogP contribution in [0.4, 0.5) is 10.1 Å². The standard InChI is InChI=1S/C20H20FN5O/c1-13-7-17(8-16-3-2-5-23-19(13)16)15-4-6-25-18(9-15)24-26(20(25)27)12-14(10-21)11-22/h4-10H,2-3,11-12,22H2,1H3/b14-10+. The lowest BCUT2D eigenvalue weighted by atomic mass is 9.95. The summed E-state index contributed by atoms with van der Waals surface area (Å²) in [5.74, 6) is 0. The van der Waals surface area contributed by atoms with Crippen LogP contribution in [0.3, 0.4) is 0 Å². The van der Waals surface area contributed by atoms with Crippen LogP contribution >= 0.6 is 0 Å². The quantitative estimate of drug-likeness (QED) is 0.772. The van der Waals surface area contributed by atoms with Crippen molar-refractivity contribution in [3.8, 4) is 11.1 Å². The van der Waals surface area contributed by atoms with Gasteiger partial charge in [-0.1, -0.05) is 0 Å². The maximum atomic E-state index is 12.8. The summed E-state index contributed by atoms with van der Waals surface area (Å²) in [5.41, 5.74) is 11.4. The topological polar surface area (TPSA) is 77.7 Å². The van der Waals surface area contributed by atoms with Crippen LogP contribution in [0.2, 0.25) is 0 Å². The van der Waals surface area contributed by atoms with Crippen LogP contribution in [0.25, 0.3) is 16.8 Å². The first-order chi connectivity index (χ1) is 13.1. The zero-order chi connectivity index (χ0) is 19.0. The number of nitrogens with zero attached hydrogens (tertiary/aromatic N) is 4. The van der Waals surface area contributed by atoms with Crippen molar-refractivity contribution in [3.63, 3.8) is 0 Å². The van der Waals surface area contributed by atoms with Crippen molar-refractivity contribution in [1.29, 1.82) is 0 Å². The van der Waals surface area contributed by atoms with Crippen LogP contribution in [-0.2, 0) is 13.0 Å². The highest BCUT2D eigenvalue weighted by molar-refractivity contribution is 5.76. The minimum atomic E-state index is -0.319. The normalized spacial score (nSPS) is 14.0. The number of halogens is 1.